The van der Waals surface area contributed by atoms with E-state index in [0.29, 0.717) is 5.92 Å². The maximum absolute atomic E-state index is 10.4. The highest BCUT2D eigenvalue weighted by Gasteiger charge is 2.09. The number of aryl methyl sites for hydroxylation is 2. The fraction of sp³-hybridized carbons (Fsp3) is 0.500. The van der Waals surface area contributed by atoms with Crippen LogP contribution in [0.4, 0.5) is 0 Å². The molecule has 0 fully saturated rings. The van der Waals surface area contributed by atoms with Crippen LogP contribution in [0.1, 0.15) is 48.8 Å². The predicted octanol–water partition coefficient (Wildman–Crippen LogP) is 3.66. The molecule has 0 heterocycles. The van der Waals surface area contributed by atoms with Crippen molar-refractivity contribution in [2.24, 2.45) is 0 Å². The molecule has 0 aromatic heterocycles. The standard InChI is InChI=1S/C14H20O2/c1-10-7-8-13(12(3)9-10)11(2)5-4-6-14(15)16/h7-9,11H,4-6H2,1-3H3,(H,15,16). The molecule has 1 rings (SSSR count). The Balaban J connectivity index is 2.58. The van der Waals surface area contributed by atoms with Crippen LogP contribution in [0, 0.1) is 13.8 Å². The van der Waals surface area contributed by atoms with Gasteiger partial charge in [-0.25, -0.2) is 0 Å². The van der Waals surface area contributed by atoms with E-state index in [1.807, 2.05) is 0 Å². The molecule has 0 saturated heterocycles. The van der Waals surface area contributed by atoms with Crippen LogP contribution in [0.5, 0.6) is 0 Å². The van der Waals surface area contributed by atoms with Crippen LogP contribution in [0.25, 0.3) is 0 Å². The number of benzene rings is 1. The van der Waals surface area contributed by atoms with Gasteiger partial charge in [-0.3, -0.25) is 4.79 Å². The number of rotatable bonds is 5. The van der Waals surface area contributed by atoms with Crippen LogP contribution in [-0.4, -0.2) is 11.1 Å². The first-order valence-electron chi connectivity index (χ1n) is 5.79. The van der Waals surface area contributed by atoms with E-state index in [1.165, 1.54) is 16.7 Å². The van der Waals surface area contributed by atoms with Crippen molar-refractivity contribution in [1.82, 2.24) is 0 Å². The number of hydrogen-bond acceptors (Lipinski definition) is 1. The van der Waals surface area contributed by atoms with Gasteiger partial charge in [0.2, 0.25) is 0 Å². The Bertz CT molecular complexity index is 369. The number of carboxylic acids is 1. The zero-order chi connectivity index (χ0) is 12.1. The highest BCUT2D eigenvalue weighted by molar-refractivity contribution is 5.66. The minimum absolute atomic E-state index is 0.273. The third-order valence-electron chi connectivity index (χ3n) is 2.98. The molecule has 0 saturated carbocycles. The Morgan fingerprint density at radius 2 is 2.06 bits per heavy atom. The van der Waals surface area contributed by atoms with Crippen LogP contribution in [0.3, 0.4) is 0 Å². The van der Waals surface area contributed by atoms with Crippen molar-refractivity contribution in [2.45, 2.75) is 46.0 Å². The minimum atomic E-state index is -0.701. The first-order valence-corrected chi connectivity index (χ1v) is 5.79. The molecule has 2 heteroatoms. The Hall–Kier alpha value is -1.31. The van der Waals surface area contributed by atoms with E-state index in [0.717, 1.165) is 12.8 Å². The van der Waals surface area contributed by atoms with Gasteiger partial charge < -0.3 is 5.11 Å². The number of hydrogen-bond donors (Lipinski definition) is 1. The predicted molar refractivity (Wildman–Crippen MR) is 65.8 cm³/mol. The molecule has 1 aromatic carbocycles. The van der Waals surface area contributed by atoms with Crippen LogP contribution in [-0.2, 0) is 4.79 Å². The molecule has 1 N–H and O–H groups in total. The van der Waals surface area contributed by atoms with Gasteiger partial charge in [0.25, 0.3) is 0 Å². The summed E-state index contributed by atoms with van der Waals surface area (Å²) in [6.07, 6.45) is 1.97. The molecule has 0 aliphatic carbocycles. The van der Waals surface area contributed by atoms with Gasteiger partial charge in [-0.15, -0.1) is 0 Å². The van der Waals surface area contributed by atoms with Crippen molar-refractivity contribution in [3.8, 4) is 0 Å². The monoisotopic (exact) mass is 220 g/mol. The van der Waals surface area contributed by atoms with Crippen LogP contribution in [0.2, 0.25) is 0 Å². The molecular weight excluding hydrogens is 200 g/mol. The molecule has 1 unspecified atom stereocenters. The van der Waals surface area contributed by atoms with Crippen molar-refractivity contribution in [2.75, 3.05) is 0 Å². The van der Waals surface area contributed by atoms with Crippen molar-refractivity contribution in [1.29, 1.82) is 0 Å². The van der Waals surface area contributed by atoms with E-state index in [-0.39, 0.29) is 6.42 Å². The lowest BCUT2D eigenvalue weighted by atomic mass is 9.91. The SMILES string of the molecule is Cc1ccc(C(C)CCCC(=O)O)c(C)c1. The fourth-order valence-electron chi connectivity index (χ4n) is 2.09. The largest absolute Gasteiger partial charge is 0.481 e. The molecule has 88 valence electrons. The molecular formula is C14H20O2. The smallest absolute Gasteiger partial charge is 0.303 e. The van der Waals surface area contributed by atoms with E-state index in [4.69, 9.17) is 5.11 Å². The van der Waals surface area contributed by atoms with E-state index >= 15 is 0 Å². The van der Waals surface area contributed by atoms with Crippen molar-refractivity contribution in [3.63, 3.8) is 0 Å². The molecule has 0 bridgehead atoms. The Labute approximate surface area is 97.3 Å². The average Bonchev–Trinajstić information content (AvgIpc) is 2.16. The van der Waals surface area contributed by atoms with Gasteiger partial charge in [-0.05, 0) is 43.7 Å². The van der Waals surface area contributed by atoms with E-state index in [2.05, 4.69) is 39.0 Å². The van der Waals surface area contributed by atoms with Gasteiger partial charge in [0.1, 0.15) is 0 Å². The highest BCUT2D eigenvalue weighted by Crippen LogP contribution is 2.25. The second-order valence-electron chi connectivity index (χ2n) is 4.55. The Kier molecular flexibility index (Phi) is 4.53. The van der Waals surface area contributed by atoms with Crippen molar-refractivity contribution in [3.05, 3.63) is 34.9 Å². The van der Waals surface area contributed by atoms with E-state index < -0.39 is 5.97 Å². The minimum Gasteiger partial charge on any atom is -0.481 e. The fourth-order valence-corrected chi connectivity index (χ4v) is 2.09. The molecule has 2 nitrogen and oxygen atoms in total. The summed E-state index contributed by atoms with van der Waals surface area (Å²) in [7, 11) is 0. The van der Waals surface area contributed by atoms with Gasteiger partial charge in [-0.2, -0.15) is 0 Å². The number of carbonyl (C=O) groups is 1. The van der Waals surface area contributed by atoms with Gasteiger partial charge in [0, 0.05) is 6.42 Å². The molecule has 0 radical (unpaired) electrons. The first-order chi connectivity index (χ1) is 7.50. The Morgan fingerprint density at radius 1 is 1.38 bits per heavy atom. The number of carboxylic acid groups (broad SMARTS) is 1. The van der Waals surface area contributed by atoms with Crippen molar-refractivity contribution < 1.29 is 9.90 Å². The third-order valence-corrected chi connectivity index (χ3v) is 2.98. The van der Waals surface area contributed by atoms with E-state index in [1.54, 1.807) is 0 Å². The zero-order valence-corrected chi connectivity index (χ0v) is 10.3. The zero-order valence-electron chi connectivity index (χ0n) is 10.3. The summed E-state index contributed by atoms with van der Waals surface area (Å²) in [5.74, 6) is -0.257. The molecule has 1 atom stereocenters. The first kappa shape index (κ1) is 12.8. The van der Waals surface area contributed by atoms with E-state index in [9.17, 15) is 4.79 Å². The molecule has 16 heavy (non-hydrogen) atoms. The molecule has 0 spiro atoms. The topological polar surface area (TPSA) is 37.3 Å². The highest BCUT2D eigenvalue weighted by atomic mass is 16.4. The Morgan fingerprint density at radius 3 is 2.62 bits per heavy atom. The van der Waals surface area contributed by atoms with Crippen LogP contribution in [0.15, 0.2) is 18.2 Å². The number of aliphatic carboxylic acids is 1. The summed E-state index contributed by atoms with van der Waals surface area (Å²) in [4.78, 5) is 10.4. The van der Waals surface area contributed by atoms with Gasteiger partial charge >= 0.3 is 5.97 Å². The van der Waals surface area contributed by atoms with Gasteiger partial charge in [0.15, 0.2) is 0 Å². The summed E-state index contributed by atoms with van der Waals surface area (Å²) in [6, 6.07) is 6.47. The summed E-state index contributed by atoms with van der Waals surface area (Å²) in [5.41, 5.74) is 3.93. The summed E-state index contributed by atoms with van der Waals surface area (Å²) in [5, 5.41) is 8.59. The van der Waals surface area contributed by atoms with Gasteiger partial charge in [-0.1, -0.05) is 30.7 Å². The van der Waals surface area contributed by atoms with Crippen molar-refractivity contribution >= 4 is 5.97 Å². The second-order valence-corrected chi connectivity index (χ2v) is 4.55. The lowest BCUT2D eigenvalue weighted by Gasteiger charge is -2.14. The van der Waals surface area contributed by atoms with Gasteiger partial charge in [0.05, 0.1) is 0 Å². The quantitative estimate of drug-likeness (QED) is 0.822. The summed E-state index contributed by atoms with van der Waals surface area (Å²) >= 11 is 0. The van der Waals surface area contributed by atoms with Crippen LogP contribution >= 0.6 is 0 Å². The average molecular weight is 220 g/mol. The summed E-state index contributed by atoms with van der Waals surface area (Å²) in [6.45, 7) is 6.38. The maximum Gasteiger partial charge on any atom is 0.303 e. The van der Waals surface area contributed by atoms with Crippen LogP contribution < -0.4 is 0 Å². The normalized spacial score (nSPS) is 12.4. The lowest BCUT2D eigenvalue weighted by Crippen LogP contribution is -2.00. The summed E-state index contributed by atoms with van der Waals surface area (Å²) < 4.78 is 0. The second kappa shape index (κ2) is 5.69. The lowest BCUT2D eigenvalue weighted by molar-refractivity contribution is -0.137. The third kappa shape index (κ3) is 3.69. The molecule has 0 amide bonds. The molecule has 0 aliphatic rings. The molecule has 0 aliphatic heterocycles. The maximum atomic E-state index is 10.4. The molecule has 1 aromatic rings.